The standard InChI is InChI=1S/C6H11FO2S/c1-5-3-10(8,9)4-6(5,2)7/h5H,3-4H2,1-2H3. The van der Waals surface area contributed by atoms with Crippen LogP contribution in [0, 0.1) is 5.92 Å². The Bertz CT molecular complexity index is 230. The Morgan fingerprint density at radius 2 is 2.10 bits per heavy atom. The summed E-state index contributed by atoms with van der Waals surface area (Å²) in [5.41, 5.74) is -1.50. The molecule has 4 heteroatoms. The van der Waals surface area contributed by atoms with Crippen LogP contribution < -0.4 is 0 Å². The van der Waals surface area contributed by atoms with Gasteiger partial charge in [-0.1, -0.05) is 6.92 Å². The van der Waals surface area contributed by atoms with Crippen LogP contribution in [0.1, 0.15) is 13.8 Å². The van der Waals surface area contributed by atoms with Crippen LogP contribution in [-0.4, -0.2) is 25.6 Å². The van der Waals surface area contributed by atoms with E-state index < -0.39 is 15.5 Å². The van der Waals surface area contributed by atoms with E-state index in [1.54, 1.807) is 6.92 Å². The molecular weight excluding hydrogens is 155 g/mol. The van der Waals surface area contributed by atoms with Crippen molar-refractivity contribution in [2.45, 2.75) is 19.5 Å². The predicted octanol–water partition coefficient (Wildman–Crippen LogP) is 0.779. The van der Waals surface area contributed by atoms with Crippen molar-refractivity contribution >= 4 is 9.84 Å². The SMILES string of the molecule is CC1CS(=O)(=O)CC1(C)F. The number of halogens is 1. The highest BCUT2D eigenvalue weighted by Gasteiger charge is 2.44. The summed E-state index contributed by atoms with van der Waals surface area (Å²) in [6, 6.07) is 0. The zero-order valence-corrected chi connectivity index (χ0v) is 6.91. The Kier molecular flexibility index (Phi) is 1.54. The fourth-order valence-electron chi connectivity index (χ4n) is 1.19. The lowest BCUT2D eigenvalue weighted by atomic mass is 9.97. The largest absolute Gasteiger partial charge is 0.243 e. The maximum Gasteiger partial charge on any atom is 0.153 e. The minimum Gasteiger partial charge on any atom is -0.243 e. The third-order valence-corrected chi connectivity index (χ3v) is 4.05. The molecule has 0 bridgehead atoms. The molecule has 2 atom stereocenters. The fraction of sp³-hybridized carbons (Fsp3) is 1.00. The molecule has 1 aliphatic heterocycles. The Hall–Kier alpha value is -0.120. The van der Waals surface area contributed by atoms with Gasteiger partial charge in [0, 0.05) is 5.92 Å². The van der Waals surface area contributed by atoms with E-state index >= 15 is 0 Å². The molecule has 0 saturated carbocycles. The summed E-state index contributed by atoms with van der Waals surface area (Å²) in [4.78, 5) is 0. The van der Waals surface area contributed by atoms with E-state index in [0.29, 0.717) is 0 Å². The third-order valence-electron chi connectivity index (χ3n) is 2.03. The van der Waals surface area contributed by atoms with E-state index in [-0.39, 0.29) is 17.4 Å². The second kappa shape index (κ2) is 1.94. The lowest BCUT2D eigenvalue weighted by molar-refractivity contribution is 0.166. The molecule has 0 aromatic carbocycles. The normalized spacial score (nSPS) is 45.7. The van der Waals surface area contributed by atoms with Gasteiger partial charge in [0.15, 0.2) is 9.84 Å². The molecule has 1 heterocycles. The zero-order valence-electron chi connectivity index (χ0n) is 6.09. The molecule has 2 unspecified atom stereocenters. The molecule has 0 spiro atoms. The molecule has 1 aliphatic rings. The highest BCUT2D eigenvalue weighted by Crippen LogP contribution is 2.32. The van der Waals surface area contributed by atoms with Gasteiger partial charge >= 0.3 is 0 Å². The molecule has 0 aromatic heterocycles. The van der Waals surface area contributed by atoms with E-state index in [1.165, 1.54) is 6.92 Å². The summed E-state index contributed by atoms with van der Waals surface area (Å²) in [6.07, 6.45) is 0. The first kappa shape index (κ1) is 7.98. The molecule has 1 rings (SSSR count). The van der Waals surface area contributed by atoms with Crippen LogP contribution >= 0.6 is 0 Å². The molecule has 2 nitrogen and oxygen atoms in total. The van der Waals surface area contributed by atoms with Gasteiger partial charge in [-0.15, -0.1) is 0 Å². The molecule has 0 aromatic rings. The van der Waals surface area contributed by atoms with E-state index in [1.807, 2.05) is 0 Å². The van der Waals surface area contributed by atoms with Crippen LogP contribution in [0.15, 0.2) is 0 Å². The first-order valence-corrected chi connectivity index (χ1v) is 5.05. The zero-order chi connectivity index (χ0) is 7.99. The van der Waals surface area contributed by atoms with Crippen LogP contribution in [-0.2, 0) is 9.84 Å². The van der Waals surface area contributed by atoms with E-state index in [4.69, 9.17) is 0 Å². The van der Waals surface area contributed by atoms with E-state index in [0.717, 1.165) is 0 Å². The Morgan fingerprint density at radius 1 is 1.60 bits per heavy atom. The highest BCUT2D eigenvalue weighted by atomic mass is 32.2. The number of rotatable bonds is 0. The van der Waals surface area contributed by atoms with Crippen LogP contribution in [0.3, 0.4) is 0 Å². The van der Waals surface area contributed by atoms with Gasteiger partial charge in [-0.05, 0) is 6.92 Å². The average molecular weight is 166 g/mol. The van der Waals surface area contributed by atoms with E-state index in [9.17, 15) is 12.8 Å². The van der Waals surface area contributed by atoms with Crippen molar-refractivity contribution in [2.75, 3.05) is 11.5 Å². The molecule has 0 aliphatic carbocycles. The van der Waals surface area contributed by atoms with Crippen molar-refractivity contribution in [3.05, 3.63) is 0 Å². The van der Waals surface area contributed by atoms with Crippen molar-refractivity contribution in [1.29, 1.82) is 0 Å². The number of alkyl halides is 1. The molecule has 1 saturated heterocycles. The van der Waals surface area contributed by atoms with Gasteiger partial charge in [-0.2, -0.15) is 0 Å². The minimum atomic E-state index is -3.08. The Balaban J connectivity index is 2.92. The van der Waals surface area contributed by atoms with Crippen LogP contribution in [0.25, 0.3) is 0 Å². The van der Waals surface area contributed by atoms with Gasteiger partial charge in [-0.25, -0.2) is 12.8 Å². The lowest BCUT2D eigenvalue weighted by Gasteiger charge is -2.15. The van der Waals surface area contributed by atoms with Gasteiger partial charge in [-0.3, -0.25) is 0 Å². The van der Waals surface area contributed by atoms with Crippen LogP contribution in [0.4, 0.5) is 4.39 Å². The average Bonchev–Trinajstić information content (AvgIpc) is 1.73. The Labute approximate surface area is 60.3 Å². The second-order valence-corrected chi connectivity index (χ2v) is 5.34. The summed E-state index contributed by atoms with van der Waals surface area (Å²) < 4.78 is 34.8. The second-order valence-electron chi connectivity index (χ2n) is 3.23. The molecule has 0 amide bonds. The van der Waals surface area contributed by atoms with Gasteiger partial charge < -0.3 is 0 Å². The Morgan fingerprint density at radius 3 is 2.20 bits per heavy atom. The number of hydrogen-bond donors (Lipinski definition) is 0. The molecule has 10 heavy (non-hydrogen) atoms. The first-order chi connectivity index (χ1) is 4.33. The predicted molar refractivity (Wildman–Crippen MR) is 37.3 cm³/mol. The lowest BCUT2D eigenvalue weighted by Crippen LogP contribution is -2.25. The summed E-state index contributed by atoms with van der Waals surface area (Å²) >= 11 is 0. The molecular formula is C6H11FO2S. The van der Waals surface area contributed by atoms with Crippen molar-refractivity contribution in [2.24, 2.45) is 5.92 Å². The van der Waals surface area contributed by atoms with Crippen molar-refractivity contribution < 1.29 is 12.8 Å². The van der Waals surface area contributed by atoms with Gasteiger partial charge in [0.05, 0.1) is 11.5 Å². The van der Waals surface area contributed by atoms with Gasteiger partial charge in [0.2, 0.25) is 0 Å². The van der Waals surface area contributed by atoms with Crippen molar-refractivity contribution in [3.63, 3.8) is 0 Å². The molecule has 0 radical (unpaired) electrons. The highest BCUT2D eigenvalue weighted by molar-refractivity contribution is 7.91. The minimum absolute atomic E-state index is 0.000000000000000222. The van der Waals surface area contributed by atoms with Gasteiger partial charge in [0.25, 0.3) is 0 Å². The molecule has 1 fully saturated rings. The summed E-state index contributed by atoms with van der Waals surface area (Å²) in [5.74, 6) is -0.654. The smallest absolute Gasteiger partial charge is 0.153 e. The summed E-state index contributed by atoms with van der Waals surface area (Å²) in [7, 11) is -3.08. The summed E-state index contributed by atoms with van der Waals surface area (Å²) in [5, 5.41) is 0. The maximum absolute atomic E-state index is 13.1. The quantitative estimate of drug-likeness (QED) is 0.533. The third kappa shape index (κ3) is 1.31. The van der Waals surface area contributed by atoms with Crippen LogP contribution in [0.5, 0.6) is 0 Å². The number of sulfone groups is 1. The first-order valence-electron chi connectivity index (χ1n) is 3.23. The fourth-order valence-corrected chi connectivity index (χ4v) is 3.56. The van der Waals surface area contributed by atoms with E-state index in [2.05, 4.69) is 0 Å². The van der Waals surface area contributed by atoms with Crippen molar-refractivity contribution in [3.8, 4) is 0 Å². The molecule has 0 N–H and O–H groups in total. The van der Waals surface area contributed by atoms with Crippen molar-refractivity contribution in [1.82, 2.24) is 0 Å². The molecule has 60 valence electrons. The van der Waals surface area contributed by atoms with Crippen LogP contribution in [0.2, 0.25) is 0 Å². The summed E-state index contributed by atoms with van der Waals surface area (Å²) in [6.45, 7) is 2.98. The topological polar surface area (TPSA) is 34.1 Å². The monoisotopic (exact) mass is 166 g/mol. The number of hydrogen-bond acceptors (Lipinski definition) is 2. The van der Waals surface area contributed by atoms with Gasteiger partial charge in [0.1, 0.15) is 5.67 Å². The maximum atomic E-state index is 13.1.